The van der Waals surface area contributed by atoms with Gasteiger partial charge in [-0.3, -0.25) is 0 Å². The van der Waals surface area contributed by atoms with Gasteiger partial charge in [-0.25, -0.2) is 15.0 Å². The number of fused-ring (bicyclic) bond motifs is 3. The van der Waals surface area contributed by atoms with Gasteiger partial charge in [-0.15, -0.1) is 0 Å². The van der Waals surface area contributed by atoms with Gasteiger partial charge in [0.05, 0.1) is 22.9 Å². The maximum absolute atomic E-state index is 11.0. The number of rotatable bonds is 8. The Labute approximate surface area is 339 Å². The number of benzene rings is 6. The lowest BCUT2D eigenvalue weighted by Gasteiger charge is -2.38. The molecule has 0 fully saturated rings. The Balaban J connectivity index is 1.24. The molecular weight excluding hydrogens is 711 g/mol. The summed E-state index contributed by atoms with van der Waals surface area (Å²) in [6, 6.07) is 55.2. The number of aryl methyl sites for hydroxylation is 1. The highest BCUT2D eigenvalue weighted by molar-refractivity contribution is 5.86. The highest BCUT2D eigenvalue weighted by atomic mass is 15.2. The van der Waals surface area contributed by atoms with Crippen molar-refractivity contribution in [3.63, 3.8) is 0 Å². The zero-order valence-electron chi connectivity index (χ0n) is 32.5. The van der Waals surface area contributed by atoms with Gasteiger partial charge < -0.3 is 9.80 Å². The first-order chi connectivity index (χ1) is 28.4. The summed E-state index contributed by atoms with van der Waals surface area (Å²) in [6.07, 6.45) is 4.76. The minimum Gasteiger partial charge on any atom is -0.331 e. The first-order valence-corrected chi connectivity index (χ1v) is 19.5. The van der Waals surface area contributed by atoms with Crippen LogP contribution in [0.25, 0.3) is 34.2 Å². The van der Waals surface area contributed by atoms with E-state index in [-0.39, 0.29) is 17.9 Å². The van der Waals surface area contributed by atoms with E-state index in [0.717, 1.165) is 45.0 Å². The number of aromatic nitrogens is 3. The van der Waals surface area contributed by atoms with Gasteiger partial charge in [0.1, 0.15) is 12.1 Å². The standard InChI is InChI=1S/C51H39N7/c1-33(2)42-29-43-41-24-14-16-26-45(41)58(47(43)30-46(42)57(40-22-11-6-12-23-40)44-25-15-13-17-34(44)3)48-38(31-52)27-37(28-39(48)32-53)51-55-49(35-18-7-4-8-19-35)54-50(56-51)36-20-9-5-10-21-36/h4-30,33,43,47H,1-3H3. The van der Waals surface area contributed by atoms with Gasteiger partial charge in [-0.1, -0.05) is 135 Å². The average Bonchev–Trinajstić information content (AvgIpc) is 3.59. The summed E-state index contributed by atoms with van der Waals surface area (Å²) in [6.45, 7) is 6.63. The van der Waals surface area contributed by atoms with Crippen molar-refractivity contribution in [3.8, 4) is 46.3 Å². The molecule has 0 spiro atoms. The molecule has 0 radical (unpaired) electrons. The van der Waals surface area contributed by atoms with Crippen molar-refractivity contribution >= 4 is 22.7 Å². The maximum atomic E-state index is 11.0. The molecule has 0 bridgehead atoms. The highest BCUT2D eigenvalue weighted by Crippen LogP contribution is 2.53. The molecule has 1 aliphatic carbocycles. The van der Waals surface area contributed by atoms with E-state index in [1.807, 2.05) is 84.9 Å². The predicted molar refractivity (Wildman–Crippen MR) is 231 cm³/mol. The van der Waals surface area contributed by atoms with Gasteiger partial charge in [-0.05, 0) is 72.0 Å². The molecule has 0 amide bonds. The quantitative estimate of drug-likeness (QED) is 0.153. The molecule has 9 rings (SSSR count). The second-order valence-corrected chi connectivity index (χ2v) is 14.9. The minimum atomic E-state index is -0.235. The number of hydrogen-bond acceptors (Lipinski definition) is 7. The fourth-order valence-corrected chi connectivity index (χ4v) is 8.29. The number of allylic oxidation sites excluding steroid dienone is 1. The maximum Gasteiger partial charge on any atom is 0.164 e. The molecule has 278 valence electrons. The van der Waals surface area contributed by atoms with Crippen molar-refractivity contribution in [1.82, 2.24) is 15.0 Å². The Kier molecular flexibility index (Phi) is 9.41. The number of anilines is 4. The molecule has 1 aliphatic heterocycles. The van der Waals surface area contributed by atoms with Crippen molar-refractivity contribution < 1.29 is 0 Å². The van der Waals surface area contributed by atoms with Crippen molar-refractivity contribution in [3.05, 3.63) is 197 Å². The van der Waals surface area contributed by atoms with Crippen LogP contribution < -0.4 is 9.80 Å². The summed E-state index contributed by atoms with van der Waals surface area (Å²) >= 11 is 0. The van der Waals surface area contributed by atoms with Crippen LogP contribution in [0.15, 0.2) is 175 Å². The summed E-state index contributed by atoms with van der Waals surface area (Å²) in [7, 11) is 0. The number of nitriles is 2. The molecule has 2 heterocycles. The second-order valence-electron chi connectivity index (χ2n) is 14.9. The van der Waals surface area contributed by atoms with Gasteiger partial charge >= 0.3 is 0 Å². The van der Waals surface area contributed by atoms with Crippen LogP contribution in [0.1, 0.15) is 42.0 Å². The van der Waals surface area contributed by atoms with Crippen molar-refractivity contribution in [2.45, 2.75) is 32.7 Å². The predicted octanol–water partition coefficient (Wildman–Crippen LogP) is 11.8. The smallest absolute Gasteiger partial charge is 0.164 e. The molecule has 0 saturated heterocycles. The van der Waals surface area contributed by atoms with Crippen LogP contribution in [0, 0.1) is 35.5 Å². The van der Waals surface area contributed by atoms with Gasteiger partial charge in [0.15, 0.2) is 17.5 Å². The molecule has 2 atom stereocenters. The van der Waals surface area contributed by atoms with Crippen LogP contribution in [-0.2, 0) is 0 Å². The van der Waals surface area contributed by atoms with E-state index in [1.165, 1.54) is 5.57 Å². The summed E-state index contributed by atoms with van der Waals surface area (Å²) in [4.78, 5) is 19.2. The molecule has 2 aliphatic rings. The molecule has 7 nitrogen and oxygen atoms in total. The zero-order chi connectivity index (χ0) is 39.8. The first kappa shape index (κ1) is 36.1. The molecular formula is C51H39N7. The van der Waals surface area contributed by atoms with Crippen molar-refractivity contribution in [1.29, 1.82) is 10.5 Å². The Morgan fingerprint density at radius 1 is 0.603 bits per heavy atom. The lowest BCUT2D eigenvalue weighted by Crippen LogP contribution is -2.34. The van der Waals surface area contributed by atoms with Gasteiger partial charge in [0.25, 0.3) is 0 Å². The Hall–Kier alpha value is -7.61. The summed E-state index contributed by atoms with van der Waals surface area (Å²) in [5.74, 6) is 1.59. The lowest BCUT2D eigenvalue weighted by atomic mass is 9.82. The third-order valence-electron chi connectivity index (χ3n) is 11.0. The molecule has 6 aromatic carbocycles. The first-order valence-electron chi connectivity index (χ1n) is 19.5. The second kappa shape index (κ2) is 15.1. The van der Waals surface area contributed by atoms with Crippen molar-refractivity contribution in [2.24, 2.45) is 5.92 Å². The van der Waals surface area contributed by atoms with Gasteiger partial charge in [-0.2, -0.15) is 10.5 Å². The summed E-state index contributed by atoms with van der Waals surface area (Å²) in [5.41, 5.74) is 11.3. The van der Waals surface area contributed by atoms with Crippen LogP contribution in [-0.4, -0.2) is 21.0 Å². The molecule has 0 saturated carbocycles. The van der Waals surface area contributed by atoms with Crippen LogP contribution in [0.4, 0.5) is 22.7 Å². The van der Waals surface area contributed by atoms with E-state index in [4.69, 9.17) is 15.0 Å². The van der Waals surface area contributed by atoms with Crippen LogP contribution in [0.3, 0.4) is 0 Å². The Morgan fingerprint density at radius 2 is 1.12 bits per heavy atom. The van der Waals surface area contributed by atoms with E-state index in [9.17, 15) is 10.5 Å². The third-order valence-corrected chi connectivity index (χ3v) is 11.0. The highest BCUT2D eigenvalue weighted by Gasteiger charge is 2.43. The fraction of sp³-hybridized carbons (Fsp3) is 0.118. The van der Waals surface area contributed by atoms with E-state index >= 15 is 0 Å². The number of para-hydroxylation sites is 3. The molecule has 0 N–H and O–H groups in total. The van der Waals surface area contributed by atoms with Crippen LogP contribution >= 0.6 is 0 Å². The molecule has 58 heavy (non-hydrogen) atoms. The molecule has 7 heteroatoms. The number of nitrogens with zero attached hydrogens (tertiary/aromatic N) is 7. The Morgan fingerprint density at radius 3 is 1.69 bits per heavy atom. The summed E-state index contributed by atoms with van der Waals surface area (Å²) < 4.78 is 0. The normalized spacial score (nSPS) is 15.4. The fourth-order valence-electron chi connectivity index (χ4n) is 8.29. The van der Waals surface area contributed by atoms with E-state index in [2.05, 4.69) is 122 Å². The monoisotopic (exact) mass is 749 g/mol. The topological polar surface area (TPSA) is 92.7 Å². The SMILES string of the molecule is Cc1ccccc1N(C1=CC2C(C=C1C(C)C)c1ccccc1N2c1c(C#N)cc(-c2nc(-c3ccccc3)nc(-c3ccccc3)n2)cc1C#N)c1ccccc1. The summed E-state index contributed by atoms with van der Waals surface area (Å²) in [5, 5.41) is 22.0. The van der Waals surface area contributed by atoms with Crippen LogP contribution in [0.2, 0.25) is 0 Å². The minimum absolute atomic E-state index is 0.0185. The van der Waals surface area contributed by atoms with Crippen molar-refractivity contribution in [2.75, 3.05) is 9.80 Å². The van der Waals surface area contributed by atoms with Gasteiger partial charge in [0, 0.05) is 45.4 Å². The lowest BCUT2D eigenvalue weighted by molar-refractivity contribution is 0.682. The number of hydrogen-bond donors (Lipinski definition) is 0. The van der Waals surface area contributed by atoms with Gasteiger partial charge in [0.2, 0.25) is 0 Å². The van der Waals surface area contributed by atoms with E-state index in [0.29, 0.717) is 39.9 Å². The molecule has 2 unspecified atom stereocenters. The largest absolute Gasteiger partial charge is 0.331 e. The third kappa shape index (κ3) is 6.39. The van der Waals surface area contributed by atoms with Crippen LogP contribution in [0.5, 0.6) is 0 Å². The average molecular weight is 750 g/mol. The Bertz CT molecular complexity index is 2720. The molecule has 1 aromatic heterocycles. The molecule has 7 aromatic rings. The zero-order valence-corrected chi connectivity index (χ0v) is 32.5. The van der Waals surface area contributed by atoms with E-state index in [1.54, 1.807) is 0 Å². The van der Waals surface area contributed by atoms with E-state index < -0.39 is 0 Å².